The van der Waals surface area contributed by atoms with Crippen LogP contribution in [0.25, 0.3) is 21.9 Å². The fourth-order valence-corrected chi connectivity index (χ4v) is 11.3. The largest absolute Gasteiger partial charge is 0.494 e. The van der Waals surface area contributed by atoms with Crippen LogP contribution in [0.1, 0.15) is 37.2 Å². The van der Waals surface area contributed by atoms with Gasteiger partial charge in [-0.25, -0.2) is 13.8 Å². The number of hydrogen-bond donors (Lipinski definition) is 4. The Hall–Kier alpha value is -6.43. The van der Waals surface area contributed by atoms with Crippen molar-refractivity contribution in [3.8, 4) is 16.9 Å². The molecule has 0 bridgehead atoms. The number of fused-ring (bicyclic) bond motifs is 1. The highest BCUT2D eigenvalue weighted by Gasteiger charge is 2.31. The predicted molar refractivity (Wildman–Crippen MR) is 268 cm³/mol. The molecule has 3 aliphatic heterocycles. The van der Waals surface area contributed by atoms with Gasteiger partial charge in [0.25, 0.3) is 0 Å². The lowest BCUT2D eigenvalue weighted by Crippen LogP contribution is -2.52. The molecule has 3 aliphatic rings. The third-order valence-electron chi connectivity index (χ3n) is 13.0. The molecular weight excluding hydrogens is 971 g/mol. The number of likely N-dealkylation sites (tertiary alicyclic amines) is 1. The third kappa shape index (κ3) is 10.5. The highest BCUT2D eigenvalue weighted by Crippen LogP contribution is 2.43. The van der Waals surface area contributed by atoms with Gasteiger partial charge in [-0.3, -0.25) is 29.3 Å². The van der Waals surface area contributed by atoms with Crippen molar-refractivity contribution in [3.05, 3.63) is 101 Å². The molecular formula is C49H53BrF2N11O5P. The number of rotatable bonds is 13. The van der Waals surface area contributed by atoms with Gasteiger partial charge >= 0.3 is 0 Å². The van der Waals surface area contributed by atoms with E-state index in [2.05, 4.69) is 57.1 Å². The Bertz CT molecular complexity index is 2980. The van der Waals surface area contributed by atoms with Gasteiger partial charge in [-0.1, -0.05) is 30.3 Å². The van der Waals surface area contributed by atoms with Crippen LogP contribution in [-0.4, -0.2) is 120 Å². The smallest absolute Gasteiger partial charge is 0.249 e. The van der Waals surface area contributed by atoms with Gasteiger partial charge < -0.3 is 35.1 Å². The summed E-state index contributed by atoms with van der Waals surface area (Å²) in [6, 6.07) is 17.5. The number of aromatic nitrogens is 4. The molecule has 1 atom stereocenters. The number of amides is 3. The van der Waals surface area contributed by atoms with Gasteiger partial charge in [-0.15, -0.1) is 0 Å². The number of carbonyl (C=O) groups is 3. The number of nitrogens with one attached hydrogen (secondary N) is 4. The first-order chi connectivity index (χ1) is 33.1. The number of piperazine rings is 1. The lowest BCUT2D eigenvalue weighted by atomic mass is 9.89. The van der Waals surface area contributed by atoms with Gasteiger partial charge in [0.1, 0.15) is 42.1 Å². The Labute approximate surface area is 406 Å². The molecule has 1 unspecified atom stereocenters. The van der Waals surface area contributed by atoms with E-state index in [0.29, 0.717) is 91.0 Å². The zero-order valence-corrected chi connectivity index (χ0v) is 41.2. The van der Waals surface area contributed by atoms with Crippen molar-refractivity contribution < 1.29 is 32.5 Å². The van der Waals surface area contributed by atoms with Crippen LogP contribution in [0.4, 0.5) is 43.3 Å². The number of aryl methyl sites for hydroxylation is 1. The van der Waals surface area contributed by atoms with E-state index in [1.165, 1.54) is 12.1 Å². The number of hydrogen-bond acceptors (Lipinski definition) is 13. The van der Waals surface area contributed by atoms with E-state index in [0.717, 1.165) is 32.9 Å². The van der Waals surface area contributed by atoms with E-state index < -0.39 is 36.6 Å². The highest BCUT2D eigenvalue weighted by atomic mass is 79.9. The average Bonchev–Trinajstić information content (AvgIpc) is 3.77. The summed E-state index contributed by atoms with van der Waals surface area (Å²) < 4.78 is 52.4. The topological polar surface area (TPSA) is 179 Å². The first kappa shape index (κ1) is 47.6. The normalized spacial score (nSPS) is 17.2. The molecule has 3 fully saturated rings. The molecule has 3 amide bonds. The standard InChI is InChI=1S/C49H53BrF2N11O5P/c1-60-27-32(25-54-60)34-23-40(57-49-53-26-35(50)47(59-49)56-38-10-9-30-7-5-6-8-33(30)46(38)69(3,4)67)42(68-2)24-41(34)62-17-19-63(20-18-62)44(65)28-61-15-13-29(14-16-61)31-21-36(51)45(37(52)22-31)55-39-11-12-43(64)58-48(39)66/h5-10,21-27,29,39,55H,11-20,28H2,1-4H3,(H,58,64,66)(H2,53,56,57,59). The SMILES string of the molecule is COc1cc(N2CCN(C(=O)CN3CCC(c4cc(F)c(NC5CCC(=O)NC5=O)c(F)c4)CC3)CC2)c(-c2cnn(C)c2)cc1Nc1ncc(Br)c(Nc2ccc3ccccc3c2P(C)(C)=O)n1. The fraction of sp³-hybridized carbons (Fsp3) is 0.347. The van der Waals surface area contributed by atoms with Gasteiger partial charge in [-0.2, -0.15) is 10.1 Å². The second-order valence-corrected chi connectivity index (χ2v) is 22.1. The van der Waals surface area contributed by atoms with E-state index in [1.807, 2.05) is 66.7 Å². The molecule has 6 aromatic rings. The molecule has 360 valence electrons. The molecule has 0 saturated carbocycles. The van der Waals surface area contributed by atoms with Crippen LogP contribution in [-0.2, 0) is 26.0 Å². The predicted octanol–water partition coefficient (Wildman–Crippen LogP) is 7.56. The number of ether oxygens (including phenoxy) is 1. The van der Waals surface area contributed by atoms with Crippen molar-refractivity contribution in [1.29, 1.82) is 0 Å². The summed E-state index contributed by atoms with van der Waals surface area (Å²) in [5.41, 5.74) is 4.17. The molecule has 69 heavy (non-hydrogen) atoms. The molecule has 16 nitrogen and oxygen atoms in total. The molecule has 20 heteroatoms. The van der Waals surface area contributed by atoms with Crippen LogP contribution >= 0.6 is 23.1 Å². The van der Waals surface area contributed by atoms with Gasteiger partial charge in [0.05, 0.1) is 35.7 Å². The number of piperidine rings is 2. The maximum absolute atomic E-state index is 15.2. The fourth-order valence-electron chi connectivity index (χ4n) is 9.47. The van der Waals surface area contributed by atoms with Crippen LogP contribution in [0.3, 0.4) is 0 Å². The minimum Gasteiger partial charge on any atom is -0.494 e. The van der Waals surface area contributed by atoms with Crippen LogP contribution in [0.5, 0.6) is 5.75 Å². The van der Waals surface area contributed by atoms with E-state index >= 15 is 8.78 Å². The van der Waals surface area contributed by atoms with Crippen molar-refractivity contribution in [2.24, 2.45) is 7.05 Å². The Morgan fingerprint density at radius 2 is 1.67 bits per heavy atom. The molecule has 4 N–H and O–H groups in total. The lowest BCUT2D eigenvalue weighted by molar-refractivity contribution is -0.134. The first-order valence-corrected chi connectivity index (χ1v) is 26.2. The van der Waals surface area contributed by atoms with Crippen molar-refractivity contribution in [3.63, 3.8) is 0 Å². The zero-order valence-electron chi connectivity index (χ0n) is 38.7. The quantitative estimate of drug-likeness (QED) is 0.0659. The number of methoxy groups -OCH3 is 1. The maximum Gasteiger partial charge on any atom is 0.249 e. The van der Waals surface area contributed by atoms with E-state index in [-0.39, 0.29) is 36.9 Å². The summed E-state index contributed by atoms with van der Waals surface area (Å²) in [6.07, 6.45) is 6.90. The van der Waals surface area contributed by atoms with Gasteiger partial charge in [-0.05, 0) is 108 Å². The summed E-state index contributed by atoms with van der Waals surface area (Å²) >= 11 is 3.60. The molecule has 2 aromatic heterocycles. The first-order valence-electron chi connectivity index (χ1n) is 22.8. The second kappa shape index (κ2) is 19.9. The number of nitrogens with zero attached hydrogens (tertiary/aromatic N) is 7. The monoisotopic (exact) mass is 1020 g/mol. The number of halogens is 3. The number of benzene rings is 4. The summed E-state index contributed by atoms with van der Waals surface area (Å²) in [4.78, 5) is 53.0. The highest BCUT2D eigenvalue weighted by molar-refractivity contribution is 9.10. The Kier molecular flexibility index (Phi) is 13.7. The second-order valence-electron chi connectivity index (χ2n) is 18.1. The number of anilines is 6. The minimum atomic E-state index is -2.73. The van der Waals surface area contributed by atoms with Crippen LogP contribution < -0.4 is 36.2 Å². The molecule has 0 aliphatic carbocycles. The average molecular weight is 1020 g/mol. The minimum absolute atomic E-state index is 0.0253. The van der Waals surface area contributed by atoms with Crippen LogP contribution in [0.15, 0.2) is 83.7 Å². The Morgan fingerprint density at radius 3 is 2.35 bits per heavy atom. The van der Waals surface area contributed by atoms with Crippen molar-refractivity contribution in [1.82, 2.24) is 34.9 Å². The Balaban J connectivity index is 0.850. The van der Waals surface area contributed by atoms with E-state index in [9.17, 15) is 18.9 Å². The third-order valence-corrected chi connectivity index (χ3v) is 15.2. The summed E-state index contributed by atoms with van der Waals surface area (Å²) in [6.45, 7) is 7.14. The number of imide groups is 1. The molecule has 3 saturated heterocycles. The lowest BCUT2D eigenvalue weighted by Gasteiger charge is -2.39. The van der Waals surface area contributed by atoms with Gasteiger partial charge in [0.2, 0.25) is 23.7 Å². The maximum atomic E-state index is 15.2. The van der Waals surface area contributed by atoms with Crippen LogP contribution in [0.2, 0.25) is 0 Å². The van der Waals surface area contributed by atoms with Crippen molar-refractivity contribution in [2.75, 3.05) is 87.1 Å². The molecule has 0 radical (unpaired) electrons. The molecule has 5 heterocycles. The zero-order chi connectivity index (χ0) is 48.6. The van der Waals surface area contributed by atoms with Crippen molar-refractivity contribution >= 4 is 91.4 Å². The van der Waals surface area contributed by atoms with Gasteiger partial charge in [0, 0.05) is 80.2 Å². The summed E-state index contributed by atoms with van der Waals surface area (Å²) in [5.74, 6) is -1.32. The van der Waals surface area contributed by atoms with Gasteiger partial charge in [0.15, 0.2) is 0 Å². The molecule has 0 spiro atoms. The number of carbonyl (C=O) groups excluding carboxylic acids is 3. The van der Waals surface area contributed by atoms with Crippen molar-refractivity contribution in [2.45, 2.75) is 37.6 Å². The summed E-state index contributed by atoms with van der Waals surface area (Å²) in [5, 5.41) is 18.7. The Morgan fingerprint density at radius 1 is 0.928 bits per heavy atom. The van der Waals surface area contributed by atoms with E-state index in [4.69, 9.17) is 9.72 Å². The molecule has 9 rings (SSSR count). The van der Waals surface area contributed by atoms with E-state index in [1.54, 1.807) is 37.5 Å². The van der Waals surface area contributed by atoms with Crippen LogP contribution in [0, 0.1) is 11.6 Å². The molecule has 4 aromatic carbocycles. The summed E-state index contributed by atoms with van der Waals surface area (Å²) in [7, 11) is 0.734.